The summed E-state index contributed by atoms with van der Waals surface area (Å²) in [5.41, 5.74) is 1.72. The second-order valence-electron chi connectivity index (χ2n) is 7.70. The first-order chi connectivity index (χ1) is 14.2. The molecule has 30 heavy (non-hydrogen) atoms. The van der Waals surface area contributed by atoms with Gasteiger partial charge in [-0.05, 0) is 30.9 Å². The molecular formula is C22H28FN3O3S. The molecule has 2 atom stereocenters. The Morgan fingerprint density at radius 1 is 1.17 bits per heavy atom. The lowest BCUT2D eigenvalue weighted by Gasteiger charge is -2.31. The van der Waals surface area contributed by atoms with E-state index in [2.05, 4.69) is 4.72 Å². The van der Waals surface area contributed by atoms with Gasteiger partial charge in [0.15, 0.2) is 0 Å². The molecule has 2 amide bonds. The van der Waals surface area contributed by atoms with Crippen molar-refractivity contribution in [2.75, 3.05) is 26.4 Å². The Morgan fingerprint density at radius 3 is 2.50 bits per heavy atom. The highest BCUT2D eigenvalue weighted by atomic mass is 32.2. The van der Waals surface area contributed by atoms with E-state index in [9.17, 15) is 13.2 Å². The second-order valence-corrected chi connectivity index (χ2v) is 9.75. The van der Waals surface area contributed by atoms with E-state index in [0.717, 1.165) is 5.56 Å². The maximum Gasteiger partial charge on any atom is 0.319 e. The lowest BCUT2D eigenvalue weighted by atomic mass is 9.96. The fourth-order valence-corrected chi connectivity index (χ4v) is 4.76. The van der Waals surface area contributed by atoms with Crippen molar-refractivity contribution in [2.45, 2.75) is 31.8 Å². The van der Waals surface area contributed by atoms with Gasteiger partial charge in [0, 0.05) is 32.2 Å². The van der Waals surface area contributed by atoms with E-state index >= 15 is 4.39 Å². The summed E-state index contributed by atoms with van der Waals surface area (Å²) < 4.78 is 42.4. The third kappa shape index (κ3) is 4.82. The molecule has 0 saturated carbocycles. The Balaban J connectivity index is 1.94. The van der Waals surface area contributed by atoms with Crippen LogP contribution in [0.15, 0.2) is 48.5 Å². The van der Waals surface area contributed by atoms with Gasteiger partial charge in [-0.3, -0.25) is 0 Å². The molecular weight excluding hydrogens is 405 g/mol. The van der Waals surface area contributed by atoms with Crippen LogP contribution >= 0.6 is 0 Å². The molecule has 1 fully saturated rings. The minimum Gasteiger partial charge on any atom is -0.331 e. The maximum absolute atomic E-state index is 15.4. The van der Waals surface area contributed by atoms with Gasteiger partial charge in [-0.1, -0.05) is 48.5 Å². The predicted molar refractivity (Wildman–Crippen MR) is 116 cm³/mol. The highest BCUT2D eigenvalue weighted by molar-refractivity contribution is 7.89. The van der Waals surface area contributed by atoms with Crippen molar-refractivity contribution < 1.29 is 17.6 Å². The number of hydrogen-bond acceptors (Lipinski definition) is 3. The lowest BCUT2D eigenvalue weighted by Crippen LogP contribution is -2.50. The molecule has 2 aromatic rings. The van der Waals surface area contributed by atoms with Crippen LogP contribution in [-0.4, -0.2) is 62.7 Å². The fraction of sp³-hybridized carbons (Fsp3) is 0.409. The zero-order valence-corrected chi connectivity index (χ0v) is 18.3. The first-order valence-electron chi connectivity index (χ1n) is 10.0. The van der Waals surface area contributed by atoms with Crippen LogP contribution in [0.5, 0.6) is 0 Å². The SMILES string of the molecule is CCS(=O)(=O)N[C@H]1CCN(C(=O)N(C)C)[C@H]1Cc1cccc(-c2ccccc2)c1F. The summed E-state index contributed by atoms with van der Waals surface area (Å²) in [5.74, 6) is -0.389. The zero-order valence-electron chi connectivity index (χ0n) is 17.5. The van der Waals surface area contributed by atoms with Gasteiger partial charge in [-0.2, -0.15) is 0 Å². The number of amides is 2. The molecule has 0 bridgehead atoms. The summed E-state index contributed by atoms with van der Waals surface area (Å²) in [5, 5.41) is 0. The van der Waals surface area contributed by atoms with E-state index < -0.39 is 22.1 Å². The van der Waals surface area contributed by atoms with E-state index in [-0.39, 0.29) is 24.0 Å². The Morgan fingerprint density at radius 2 is 1.87 bits per heavy atom. The normalized spacial score (nSPS) is 19.1. The third-order valence-corrected chi connectivity index (χ3v) is 6.90. The van der Waals surface area contributed by atoms with Crippen molar-refractivity contribution in [3.63, 3.8) is 0 Å². The molecule has 1 heterocycles. The van der Waals surface area contributed by atoms with Crippen LogP contribution in [-0.2, 0) is 16.4 Å². The number of hydrogen-bond donors (Lipinski definition) is 1. The molecule has 1 N–H and O–H groups in total. The van der Waals surface area contributed by atoms with E-state index in [4.69, 9.17) is 0 Å². The average molecular weight is 434 g/mol. The third-order valence-electron chi connectivity index (χ3n) is 5.48. The maximum atomic E-state index is 15.4. The number of rotatable bonds is 6. The largest absolute Gasteiger partial charge is 0.331 e. The van der Waals surface area contributed by atoms with Crippen molar-refractivity contribution in [3.8, 4) is 11.1 Å². The minimum atomic E-state index is -3.45. The summed E-state index contributed by atoms with van der Waals surface area (Å²) in [6.45, 7) is 1.98. The topological polar surface area (TPSA) is 69.7 Å². The molecule has 0 radical (unpaired) electrons. The summed E-state index contributed by atoms with van der Waals surface area (Å²) in [7, 11) is -0.149. The molecule has 0 spiro atoms. The van der Waals surface area contributed by atoms with Crippen molar-refractivity contribution >= 4 is 16.1 Å². The minimum absolute atomic E-state index is 0.0459. The van der Waals surface area contributed by atoms with Crippen molar-refractivity contribution in [1.29, 1.82) is 0 Å². The zero-order chi connectivity index (χ0) is 21.9. The van der Waals surface area contributed by atoms with E-state index in [1.807, 2.05) is 30.3 Å². The van der Waals surface area contributed by atoms with E-state index in [1.165, 1.54) is 4.90 Å². The Bertz CT molecular complexity index is 996. The first kappa shape index (κ1) is 22.2. The number of halogens is 1. The van der Waals surface area contributed by atoms with Gasteiger partial charge < -0.3 is 9.80 Å². The quantitative estimate of drug-likeness (QED) is 0.761. The second kappa shape index (κ2) is 9.14. The number of nitrogens with one attached hydrogen (secondary N) is 1. The molecule has 0 aliphatic carbocycles. The van der Waals surface area contributed by atoms with Crippen LogP contribution in [0.3, 0.4) is 0 Å². The summed E-state index contributed by atoms with van der Waals surface area (Å²) >= 11 is 0. The molecule has 2 aromatic carbocycles. The number of urea groups is 1. The van der Waals surface area contributed by atoms with Crippen molar-refractivity contribution in [3.05, 3.63) is 59.9 Å². The van der Waals surface area contributed by atoms with Crippen LogP contribution in [0.2, 0.25) is 0 Å². The van der Waals surface area contributed by atoms with Crippen molar-refractivity contribution in [2.24, 2.45) is 0 Å². The highest BCUT2D eigenvalue weighted by Crippen LogP contribution is 2.29. The smallest absolute Gasteiger partial charge is 0.319 e. The number of likely N-dealkylation sites (tertiary alicyclic amines) is 1. The Hall–Kier alpha value is -2.45. The summed E-state index contributed by atoms with van der Waals surface area (Å²) in [6.07, 6.45) is 0.715. The van der Waals surface area contributed by atoms with Gasteiger partial charge in [0.25, 0.3) is 0 Å². The molecule has 3 rings (SSSR count). The number of nitrogens with zero attached hydrogens (tertiary/aromatic N) is 2. The van der Waals surface area contributed by atoms with Crippen LogP contribution in [0.4, 0.5) is 9.18 Å². The number of carbonyl (C=O) groups is 1. The molecule has 0 aromatic heterocycles. The van der Waals surface area contributed by atoms with Crippen LogP contribution < -0.4 is 4.72 Å². The molecule has 1 saturated heterocycles. The van der Waals surface area contributed by atoms with Gasteiger partial charge in [0.2, 0.25) is 10.0 Å². The average Bonchev–Trinajstić information content (AvgIpc) is 3.11. The predicted octanol–water partition coefficient (Wildman–Crippen LogP) is 3.10. The van der Waals surface area contributed by atoms with Gasteiger partial charge in [0.05, 0.1) is 11.8 Å². The lowest BCUT2D eigenvalue weighted by molar-refractivity contribution is 0.162. The van der Waals surface area contributed by atoms with Gasteiger partial charge in [-0.15, -0.1) is 0 Å². The number of carbonyl (C=O) groups excluding carboxylic acids is 1. The Kier molecular flexibility index (Phi) is 6.77. The molecule has 1 aliphatic heterocycles. The first-order valence-corrected chi connectivity index (χ1v) is 11.7. The fourth-order valence-electron chi connectivity index (χ4n) is 3.86. The van der Waals surface area contributed by atoms with Crippen LogP contribution in [0, 0.1) is 5.82 Å². The van der Waals surface area contributed by atoms with Gasteiger partial charge in [0.1, 0.15) is 5.82 Å². The molecule has 1 aliphatic rings. The number of sulfonamides is 1. The molecule has 8 heteroatoms. The van der Waals surface area contributed by atoms with E-state index in [1.54, 1.807) is 44.1 Å². The van der Waals surface area contributed by atoms with Gasteiger partial charge >= 0.3 is 6.03 Å². The molecule has 6 nitrogen and oxygen atoms in total. The van der Waals surface area contributed by atoms with Crippen LogP contribution in [0.1, 0.15) is 18.9 Å². The molecule has 0 unspecified atom stereocenters. The van der Waals surface area contributed by atoms with E-state index in [0.29, 0.717) is 24.1 Å². The highest BCUT2D eigenvalue weighted by Gasteiger charge is 2.39. The standard InChI is InChI=1S/C22H28FN3O3S/c1-4-30(28,29)24-19-13-14-26(22(27)25(2)3)20(19)15-17-11-8-12-18(21(17)23)16-9-6-5-7-10-16/h5-12,19-20,24H,4,13-15H2,1-3H3/t19-,20-/m0/s1. The summed E-state index contributed by atoms with van der Waals surface area (Å²) in [4.78, 5) is 15.8. The van der Waals surface area contributed by atoms with Crippen LogP contribution in [0.25, 0.3) is 11.1 Å². The molecule has 162 valence electrons. The van der Waals surface area contributed by atoms with Gasteiger partial charge in [-0.25, -0.2) is 22.3 Å². The Labute approximate surface area is 177 Å². The monoisotopic (exact) mass is 433 g/mol. The van der Waals surface area contributed by atoms with Crippen molar-refractivity contribution in [1.82, 2.24) is 14.5 Å². The summed E-state index contributed by atoms with van der Waals surface area (Å²) in [6, 6.07) is 13.3. The number of benzene rings is 2.